The predicted molar refractivity (Wildman–Crippen MR) is 105 cm³/mol. The number of fused-ring (bicyclic) bond motifs is 1. The van der Waals surface area contributed by atoms with E-state index in [4.69, 9.17) is 9.15 Å². The molecular formula is C19H15N7O2S. The van der Waals surface area contributed by atoms with Crippen molar-refractivity contribution in [1.82, 2.24) is 34.3 Å². The van der Waals surface area contributed by atoms with Crippen molar-refractivity contribution in [3.05, 3.63) is 66.8 Å². The minimum atomic E-state index is 0.375. The fourth-order valence-corrected chi connectivity index (χ4v) is 3.89. The van der Waals surface area contributed by atoms with Gasteiger partial charge < -0.3 is 9.15 Å². The maximum Gasteiger partial charge on any atom is 0.253 e. The van der Waals surface area contributed by atoms with E-state index in [0.717, 1.165) is 16.4 Å². The Hall–Kier alpha value is -3.50. The minimum absolute atomic E-state index is 0.375. The Labute approximate surface area is 169 Å². The Balaban J connectivity index is 1.64. The van der Waals surface area contributed by atoms with Gasteiger partial charge in [0.05, 0.1) is 18.6 Å². The summed E-state index contributed by atoms with van der Waals surface area (Å²) in [7, 11) is 1.63. The summed E-state index contributed by atoms with van der Waals surface area (Å²) in [4.78, 5) is 8.65. The van der Waals surface area contributed by atoms with Crippen LogP contribution in [0.25, 0.3) is 23.0 Å². The summed E-state index contributed by atoms with van der Waals surface area (Å²) in [6, 6.07) is 15.5. The number of rotatable bonds is 6. The molecule has 5 aromatic rings. The molecule has 9 nitrogen and oxygen atoms in total. The number of aromatic nitrogens is 7. The van der Waals surface area contributed by atoms with E-state index in [0.29, 0.717) is 29.1 Å². The molecule has 1 aromatic carbocycles. The highest BCUT2D eigenvalue weighted by Gasteiger charge is 2.20. The first-order valence-corrected chi connectivity index (χ1v) is 9.56. The molecule has 144 valence electrons. The minimum Gasteiger partial charge on any atom is -0.461 e. The van der Waals surface area contributed by atoms with Gasteiger partial charge in [-0.2, -0.15) is 14.6 Å². The molecule has 0 aliphatic carbocycles. The summed E-state index contributed by atoms with van der Waals surface area (Å²) in [5.74, 6) is 1.75. The largest absolute Gasteiger partial charge is 0.461 e. The van der Waals surface area contributed by atoms with Gasteiger partial charge in [0.25, 0.3) is 5.78 Å². The Morgan fingerprint density at radius 3 is 2.79 bits per heavy atom. The molecule has 0 saturated carbocycles. The monoisotopic (exact) mass is 405 g/mol. The van der Waals surface area contributed by atoms with Crippen LogP contribution in [0.2, 0.25) is 0 Å². The summed E-state index contributed by atoms with van der Waals surface area (Å²) in [6.07, 6.45) is 3.09. The number of benzene rings is 1. The van der Waals surface area contributed by atoms with Gasteiger partial charge in [-0.3, -0.25) is 4.57 Å². The van der Waals surface area contributed by atoms with Gasteiger partial charge in [-0.25, -0.2) is 4.98 Å². The molecule has 4 heterocycles. The van der Waals surface area contributed by atoms with E-state index in [-0.39, 0.29) is 0 Å². The van der Waals surface area contributed by atoms with Crippen LogP contribution in [0.1, 0.15) is 5.69 Å². The van der Waals surface area contributed by atoms with Gasteiger partial charge in [0.2, 0.25) is 11.0 Å². The zero-order chi connectivity index (χ0) is 19.6. The van der Waals surface area contributed by atoms with Crippen molar-refractivity contribution in [3.8, 4) is 17.3 Å². The molecule has 0 amide bonds. The number of nitrogens with zero attached hydrogens (tertiary/aromatic N) is 7. The third-order valence-corrected chi connectivity index (χ3v) is 5.10. The standard InChI is InChI=1S/C19H15N7O2S/c1-27-11-13-10-16(26-18(22-13)20-12-21-26)29-19-24-23-17(15-8-5-9-28-15)25(19)14-6-3-2-4-7-14/h2-10,12H,11H2,1H3. The fourth-order valence-electron chi connectivity index (χ4n) is 2.93. The second-order valence-electron chi connectivity index (χ2n) is 6.05. The molecular weight excluding hydrogens is 390 g/mol. The van der Waals surface area contributed by atoms with Gasteiger partial charge in [0.15, 0.2) is 5.76 Å². The van der Waals surface area contributed by atoms with Crippen molar-refractivity contribution < 1.29 is 9.15 Å². The summed E-state index contributed by atoms with van der Waals surface area (Å²) >= 11 is 1.41. The Morgan fingerprint density at radius 2 is 2.00 bits per heavy atom. The second-order valence-corrected chi connectivity index (χ2v) is 7.03. The molecule has 0 saturated heterocycles. The van der Waals surface area contributed by atoms with Crippen LogP contribution in [0.3, 0.4) is 0 Å². The molecule has 4 aromatic heterocycles. The van der Waals surface area contributed by atoms with Gasteiger partial charge >= 0.3 is 0 Å². The van der Waals surface area contributed by atoms with Gasteiger partial charge in [-0.15, -0.1) is 10.2 Å². The number of ether oxygens (including phenoxy) is 1. The molecule has 0 spiro atoms. The smallest absolute Gasteiger partial charge is 0.253 e. The van der Waals surface area contributed by atoms with Crippen molar-refractivity contribution in [3.63, 3.8) is 0 Å². The lowest BCUT2D eigenvalue weighted by Crippen LogP contribution is -2.03. The van der Waals surface area contributed by atoms with Crippen LogP contribution < -0.4 is 0 Å². The topological polar surface area (TPSA) is 96.2 Å². The number of methoxy groups -OCH3 is 1. The van der Waals surface area contributed by atoms with Crippen LogP contribution in [0.5, 0.6) is 0 Å². The van der Waals surface area contributed by atoms with Crippen molar-refractivity contribution in [1.29, 1.82) is 0 Å². The second kappa shape index (κ2) is 7.49. The first kappa shape index (κ1) is 17.6. The third kappa shape index (κ3) is 3.28. The van der Waals surface area contributed by atoms with Crippen LogP contribution in [-0.4, -0.2) is 41.5 Å². The average Bonchev–Trinajstić information content (AvgIpc) is 3.49. The summed E-state index contributed by atoms with van der Waals surface area (Å²) in [5.41, 5.74) is 1.68. The van der Waals surface area contributed by atoms with E-state index in [1.807, 2.05) is 53.1 Å². The van der Waals surface area contributed by atoms with Gasteiger partial charge in [-0.05, 0) is 42.1 Å². The Kier molecular flexibility index (Phi) is 4.54. The first-order chi connectivity index (χ1) is 14.3. The highest BCUT2D eigenvalue weighted by Crippen LogP contribution is 2.32. The molecule has 0 radical (unpaired) electrons. The maximum absolute atomic E-state index is 5.57. The van der Waals surface area contributed by atoms with E-state index in [1.54, 1.807) is 17.9 Å². The third-order valence-electron chi connectivity index (χ3n) is 4.15. The van der Waals surface area contributed by atoms with Crippen molar-refractivity contribution in [2.24, 2.45) is 0 Å². The van der Waals surface area contributed by atoms with Crippen molar-refractivity contribution in [2.75, 3.05) is 7.11 Å². The first-order valence-electron chi connectivity index (χ1n) is 8.74. The predicted octanol–water partition coefficient (Wildman–Crippen LogP) is 3.26. The number of hydrogen-bond acceptors (Lipinski definition) is 8. The van der Waals surface area contributed by atoms with Gasteiger partial charge in [0, 0.05) is 12.8 Å². The molecule has 0 N–H and O–H groups in total. The Morgan fingerprint density at radius 1 is 1.10 bits per heavy atom. The zero-order valence-electron chi connectivity index (χ0n) is 15.3. The van der Waals surface area contributed by atoms with Crippen molar-refractivity contribution in [2.45, 2.75) is 16.8 Å². The van der Waals surface area contributed by atoms with E-state index in [9.17, 15) is 0 Å². The normalized spacial score (nSPS) is 11.3. The molecule has 0 bridgehead atoms. The van der Waals surface area contributed by atoms with Crippen LogP contribution in [-0.2, 0) is 11.3 Å². The molecule has 0 unspecified atom stereocenters. The number of hydrogen-bond donors (Lipinski definition) is 0. The molecule has 0 aliphatic heterocycles. The molecule has 5 rings (SSSR count). The zero-order valence-corrected chi connectivity index (χ0v) is 16.2. The quantitative estimate of drug-likeness (QED) is 0.397. The van der Waals surface area contributed by atoms with E-state index in [2.05, 4.69) is 25.3 Å². The fraction of sp³-hybridized carbons (Fsp3) is 0.105. The van der Waals surface area contributed by atoms with Crippen LogP contribution in [0.15, 0.2) is 75.7 Å². The SMILES string of the molecule is COCc1cc(Sc2nnc(-c3ccco3)n2-c2ccccc2)n2ncnc2n1. The summed E-state index contributed by atoms with van der Waals surface area (Å²) < 4.78 is 14.4. The number of para-hydroxylation sites is 1. The van der Waals surface area contributed by atoms with Crippen LogP contribution in [0.4, 0.5) is 0 Å². The summed E-state index contributed by atoms with van der Waals surface area (Å²) in [6.45, 7) is 0.375. The average molecular weight is 405 g/mol. The molecule has 0 aliphatic rings. The summed E-state index contributed by atoms with van der Waals surface area (Å²) in [5, 5.41) is 14.5. The van der Waals surface area contributed by atoms with Crippen LogP contribution >= 0.6 is 11.8 Å². The van der Waals surface area contributed by atoms with E-state index in [1.165, 1.54) is 18.1 Å². The van der Waals surface area contributed by atoms with Gasteiger partial charge in [-0.1, -0.05) is 18.2 Å². The lowest BCUT2D eigenvalue weighted by molar-refractivity contribution is 0.181. The maximum atomic E-state index is 5.57. The van der Waals surface area contributed by atoms with Gasteiger partial charge in [0.1, 0.15) is 11.4 Å². The number of furan rings is 1. The molecule has 0 fully saturated rings. The van der Waals surface area contributed by atoms with E-state index < -0.39 is 0 Å². The molecule has 10 heteroatoms. The molecule has 29 heavy (non-hydrogen) atoms. The highest BCUT2D eigenvalue weighted by atomic mass is 32.2. The van der Waals surface area contributed by atoms with E-state index >= 15 is 0 Å². The molecule has 0 atom stereocenters. The Bertz CT molecular complexity index is 1250. The van der Waals surface area contributed by atoms with Crippen molar-refractivity contribution >= 4 is 17.5 Å². The highest BCUT2D eigenvalue weighted by molar-refractivity contribution is 7.99. The lowest BCUT2D eigenvalue weighted by Gasteiger charge is -2.10. The van der Waals surface area contributed by atoms with Crippen LogP contribution in [0, 0.1) is 0 Å². The lowest BCUT2D eigenvalue weighted by atomic mass is 10.3.